The minimum Gasteiger partial charge on any atom is -0.451 e. The smallest absolute Gasteiger partial charge is 0.329 e. The number of ether oxygens (including phenoxy) is 1. The largest absolute Gasteiger partial charge is 0.451 e. The van der Waals surface area contributed by atoms with E-state index in [9.17, 15) is 19.2 Å². The van der Waals surface area contributed by atoms with Gasteiger partial charge in [-0.3, -0.25) is 14.4 Å². The van der Waals surface area contributed by atoms with Crippen molar-refractivity contribution >= 4 is 29.4 Å². The number of nitrogens with two attached hydrogens (primary N) is 1. The molecule has 0 unspecified atom stereocenters. The normalized spacial score (nSPS) is 12.4. The number of amides is 3. The molecule has 8 nitrogen and oxygen atoms in total. The lowest BCUT2D eigenvalue weighted by Gasteiger charge is -2.17. The Bertz CT molecular complexity index is 924. The Morgan fingerprint density at radius 3 is 2.21 bits per heavy atom. The van der Waals surface area contributed by atoms with Crippen molar-refractivity contribution in [2.45, 2.75) is 32.9 Å². The van der Waals surface area contributed by atoms with Crippen LogP contribution in [-0.2, 0) is 14.3 Å². The molecule has 0 saturated heterocycles. The Morgan fingerprint density at radius 2 is 1.62 bits per heavy atom. The molecule has 0 spiro atoms. The van der Waals surface area contributed by atoms with Gasteiger partial charge >= 0.3 is 5.97 Å². The molecular formula is C21H23N3O5. The minimum absolute atomic E-state index is 0.306. The molecule has 0 fully saturated rings. The fourth-order valence-electron chi connectivity index (χ4n) is 2.42. The molecule has 0 saturated carbocycles. The molecule has 2 aromatic rings. The molecule has 0 aliphatic rings. The van der Waals surface area contributed by atoms with Gasteiger partial charge in [-0.25, -0.2) is 4.79 Å². The standard InChI is InChI=1S/C21H23N3O5/c1-12-5-4-6-16(11-12)20(27)23-13(2)21(28)29-14(3)19(26)24-17-9-7-15(8-10-17)18(22)25/h4-11,13-14H,1-3H3,(H2,22,25)(H,23,27)(H,24,26)/t13-,14-/m0/s1. The van der Waals surface area contributed by atoms with Gasteiger partial charge in [-0.05, 0) is 57.2 Å². The molecule has 2 rings (SSSR count). The van der Waals surface area contributed by atoms with Crippen LogP contribution in [0.5, 0.6) is 0 Å². The number of hydrogen-bond donors (Lipinski definition) is 3. The summed E-state index contributed by atoms with van der Waals surface area (Å²) in [6, 6.07) is 12.0. The molecule has 3 amide bonds. The molecular weight excluding hydrogens is 374 g/mol. The van der Waals surface area contributed by atoms with Crippen molar-refractivity contribution < 1.29 is 23.9 Å². The summed E-state index contributed by atoms with van der Waals surface area (Å²) in [5.41, 5.74) is 7.23. The van der Waals surface area contributed by atoms with Crippen LogP contribution in [0.15, 0.2) is 48.5 Å². The van der Waals surface area contributed by atoms with E-state index in [0.717, 1.165) is 5.56 Å². The molecule has 0 aliphatic heterocycles. The Labute approximate surface area is 168 Å². The van der Waals surface area contributed by atoms with Gasteiger partial charge in [0.1, 0.15) is 6.04 Å². The van der Waals surface area contributed by atoms with E-state index in [1.54, 1.807) is 18.2 Å². The third-order valence-corrected chi connectivity index (χ3v) is 4.08. The monoisotopic (exact) mass is 397 g/mol. The summed E-state index contributed by atoms with van der Waals surface area (Å²) in [7, 11) is 0. The first-order valence-electron chi connectivity index (χ1n) is 8.96. The van der Waals surface area contributed by atoms with E-state index in [-0.39, 0.29) is 0 Å². The molecule has 0 aromatic heterocycles. The summed E-state index contributed by atoms with van der Waals surface area (Å²) in [4.78, 5) is 47.7. The number of primary amides is 1. The summed E-state index contributed by atoms with van der Waals surface area (Å²) in [6.07, 6.45) is -1.09. The molecule has 0 bridgehead atoms. The van der Waals surface area contributed by atoms with E-state index >= 15 is 0 Å². The van der Waals surface area contributed by atoms with Crippen LogP contribution >= 0.6 is 0 Å². The topological polar surface area (TPSA) is 128 Å². The Morgan fingerprint density at radius 1 is 0.966 bits per heavy atom. The number of aryl methyl sites for hydroxylation is 1. The first-order chi connectivity index (χ1) is 13.7. The maximum Gasteiger partial charge on any atom is 0.329 e. The van der Waals surface area contributed by atoms with E-state index in [2.05, 4.69) is 10.6 Å². The summed E-state index contributed by atoms with van der Waals surface area (Å²) >= 11 is 0. The zero-order valence-electron chi connectivity index (χ0n) is 16.4. The van der Waals surface area contributed by atoms with Crippen LogP contribution < -0.4 is 16.4 Å². The van der Waals surface area contributed by atoms with Gasteiger partial charge in [0.25, 0.3) is 11.8 Å². The van der Waals surface area contributed by atoms with Gasteiger partial charge in [0.2, 0.25) is 5.91 Å². The highest BCUT2D eigenvalue weighted by molar-refractivity contribution is 5.98. The van der Waals surface area contributed by atoms with Gasteiger partial charge in [-0.1, -0.05) is 17.7 Å². The summed E-state index contributed by atoms with van der Waals surface area (Å²) in [5.74, 6) is -2.28. The number of esters is 1. The van der Waals surface area contributed by atoms with Crippen molar-refractivity contribution in [3.05, 3.63) is 65.2 Å². The average molecular weight is 397 g/mol. The number of nitrogens with one attached hydrogen (secondary N) is 2. The van der Waals surface area contributed by atoms with E-state index in [1.165, 1.54) is 38.1 Å². The molecule has 2 aromatic carbocycles. The third kappa shape index (κ3) is 6.17. The molecule has 0 aliphatic carbocycles. The van der Waals surface area contributed by atoms with E-state index in [1.807, 2.05) is 13.0 Å². The molecule has 29 heavy (non-hydrogen) atoms. The maximum atomic E-state index is 12.2. The molecule has 0 radical (unpaired) electrons. The summed E-state index contributed by atoms with van der Waals surface area (Å²) in [6.45, 7) is 4.75. The van der Waals surface area contributed by atoms with Crippen molar-refractivity contribution in [1.29, 1.82) is 0 Å². The number of carbonyl (C=O) groups is 4. The van der Waals surface area contributed by atoms with Gasteiger partial charge in [0.05, 0.1) is 0 Å². The van der Waals surface area contributed by atoms with Gasteiger partial charge in [0, 0.05) is 16.8 Å². The molecule has 4 N–H and O–H groups in total. The predicted octanol–water partition coefficient (Wildman–Crippen LogP) is 1.78. The van der Waals surface area contributed by atoms with Crippen molar-refractivity contribution in [3.63, 3.8) is 0 Å². The SMILES string of the molecule is Cc1cccc(C(=O)N[C@@H](C)C(=O)O[C@@H](C)C(=O)Nc2ccc(C(N)=O)cc2)c1. The first-order valence-corrected chi connectivity index (χ1v) is 8.96. The third-order valence-electron chi connectivity index (χ3n) is 4.08. The minimum atomic E-state index is -1.09. The van der Waals surface area contributed by atoms with E-state index in [0.29, 0.717) is 16.8 Å². The quantitative estimate of drug-likeness (QED) is 0.614. The second-order valence-electron chi connectivity index (χ2n) is 6.57. The lowest BCUT2D eigenvalue weighted by molar-refractivity contribution is -0.154. The van der Waals surface area contributed by atoms with Crippen LogP contribution in [0.1, 0.15) is 40.1 Å². The van der Waals surface area contributed by atoms with Gasteiger partial charge in [-0.15, -0.1) is 0 Å². The zero-order valence-corrected chi connectivity index (χ0v) is 16.4. The Balaban J connectivity index is 1.88. The highest BCUT2D eigenvalue weighted by atomic mass is 16.5. The van der Waals surface area contributed by atoms with Crippen molar-refractivity contribution in [2.24, 2.45) is 5.73 Å². The summed E-state index contributed by atoms with van der Waals surface area (Å²) < 4.78 is 5.13. The van der Waals surface area contributed by atoms with Crippen LogP contribution in [-0.4, -0.2) is 35.8 Å². The van der Waals surface area contributed by atoms with Crippen molar-refractivity contribution in [3.8, 4) is 0 Å². The van der Waals surface area contributed by atoms with E-state index in [4.69, 9.17) is 10.5 Å². The predicted molar refractivity (Wildman–Crippen MR) is 107 cm³/mol. The second kappa shape index (κ2) is 9.50. The highest BCUT2D eigenvalue weighted by Crippen LogP contribution is 2.11. The lowest BCUT2D eigenvalue weighted by Crippen LogP contribution is -2.42. The number of anilines is 1. The van der Waals surface area contributed by atoms with Crippen molar-refractivity contribution in [2.75, 3.05) is 5.32 Å². The maximum absolute atomic E-state index is 12.2. The first kappa shape index (κ1) is 21.6. The number of hydrogen-bond acceptors (Lipinski definition) is 5. The molecule has 152 valence electrons. The van der Waals surface area contributed by atoms with Gasteiger partial charge in [-0.2, -0.15) is 0 Å². The average Bonchev–Trinajstić information content (AvgIpc) is 2.68. The van der Waals surface area contributed by atoms with Crippen LogP contribution in [0, 0.1) is 6.92 Å². The van der Waals surface area contributed by atoms with Crippen LogP contribution in [0.4, 0.5) is 5.69 Å². The van der Waals surface area contributed by atoms with Gasteiger partial charge in [0.15, 0.2) is 6.10 Å². The number of rotatable bonds is 7. The Kier molecular flexibility index (Phi) is 7.08. The fraction of sp³-hybridized carbons (Fsp3) is 0.238. The van der Waals surface area contributed by atoms with Crippen LogP contribution in [0.2, 0.25) is 0 Å². The fourth-order valence-corrected chi connectivity index (χ4v) is 2.42. The zero-order chi connectivity index (χ0) is 21.6. The molecule has 8 heteroatoms. The van der Waals surface area contributed by atoms with Gasteiger partial charge < -0.3 is 21.1 Å². The lowest BCUT2D eigenvalue weighted by atomic mass is 10.1. The van der Waals surface area contributed by atoms with Crippen LogP contribution in [0.3, 0.4) is 0 Å². The molecule has 2 atom stereocenters. The molecule has 0 heterocycles. The van der Waals surface area contributed by atoms with E-state index < -0.39 is 35.8 Å². The number of benzene rings is 2. The number of carbonyl (C=O) groups excluding carboxylic acids is 4. The van der Waals surface area contributed by atoms with Crippen molar-refractivity contribution in [1.82, 2.24) is 5.32 Å². The highest BCUT2D eigenvalue weighted by Gasteiger charge is 2.23. The Hall–Kier alpha value is -3.68. The second-order valence-corrected chi connectivity index (χ2v) is 6.57. The van der Waals surface area contributed by atoms with Crippen LogP contribution in [0.25, 0.3) is 0 Å². The summed E-state index contributed by atoms with van der Waals surface area (Å²) in [5, 5.41) is 5.11.